The fourth-order valence-electron chi connectivity index (χ4n) is 3.39. The van der Waals surface area contributed by atoms with Gasteiger partial charge in [0.2, 0.25) is 0 Å². The maximum Gasteiger partial charge on any atom is 0.0927 e. The molecule has 1 aromatic rings. The zero-order valence-electron chi connectivity index (χ0n) is 11.1. The van der Waals surface area contributed by atoms with Crippen LogP contribution in [0.4, 0.5) is 0 Å². The topological polar surface area (TPSA) is 20.2 Å². The van der Waals surface area contributed by atoms with E-state index in [1.165, 1.54) is 17.5 Å². The van der Waals surface area contributed by atoms with E-state index in [1.54, 1.807) is 0 Å². The Balaban J connectivity index is 2.46. The lowest BCUT2D eigenvalue weighted by Gasteiger charge is -2.36. The molecule has 0 amide bonds. The van der Waals surface area contributed by atoms with Crippen LogP contribution in [0.25, 0.3) is 0 Å². The van der Waals surface area contributed by atoms with Gasteiger partial charge in [-0.05, 0) is 42.7 Å². The highest BCUT2D eigenvalue weighted by Crippen LogP contribution is 2.42. The molecule has 1 heteroatoms. The Morgan fingerprint density at radius 2 is 1.88 bits per heavy atom. The van der Waals surface area contributed by atoms with Gasteiger partial charge in [-0.3, -0.25) is 0 Å². The normalized spacial score (nSPS) is 24.5. The highest BCUT2D eigenvalue weighted by Gasteiger charge is 2.38. The van der Waals surface area contributed by atoms with Crippen LogP contribution in [0.15, 0.2) is 24.3 Å². The third-order valence-corrected chi connectivity index (χ3v) is 4.40. The largest absolute Gasteiger partial charge is 0.385 e. The van der Waals surface area contributed by atoms with Crippen LogP contribution < -0.4 is 0 Å². The van der Waals surface area contributed by atoms with Gasteiger partial charge in [-0.15, -0.1) is 0 Å². The van der Waals surface area contributed by atoms with Crippen LogP contribution >= 0.6 is 0 Å². The molecule has 1 nitrogen and oxygen atoms in total. The summed E-state index contributed by atoms with van der Waals surface area (Å²) >= 11 is 0. The maximum absolute atomic E-state index is 11.2. The number of hydrogen-bond acceptors (Lipinski definition) is 1. The van der Waals surface area contributed by atoms with Crippen LogP contribution in [0.3, 0.4) is 0 Å². The predicted molar refractivity (Wildman–Crippen MR) is 72.0 cm³/mol. The molecule has 1 aromatic carbocycles. The zero-order chi connectivity index (χ0) is 12.3. The summed E-state index contributed by atoms with van der Waals surface area (Å²) in [5, 5.41) is 11.2. The third kappa shape index (κ3) is 2.26. The summed E-state index contributed by atoms with van der Waals surface area (Å²) in [6.07, 6.45) is 6.51. The molecule has 0 aromatic heterocycles. The van der Waals surface area contributed by atoms with Gasteiger partial charge in [0.15, 0.2) is 0 Å². The summed E-state index contributed by atoms with van der Waals surface area (Å²) in [7, 11) is 0. The molecule has 1 aliphatic carbocycles. The second-order valence-electron chi connectivity index (χ2n) is 5.30. The van der Waals surface area contributed by atoms with E-state index in [4.69, 9.17) is 0 Å². The van der Waals surface area contributed by atoms with E-state index in [0.29, 0.717) is 5.92 Å². The molecule has 0 radical (unpaired) electrons. The number of rotatable bonds is 3. The molecule has 1 atom stereocenters. The van der Waals surface area contributed by atoms with Gasteiger partial charge in [0.1, 0.15) is 0 Å². The smallest absolute Gasteiger partial charge is 0.0927 e. The van der Waals surface area contributed by atoms with E-state index < -0.39 is 5.60 Å². The molecule has 0 heterocycles. The quantitative estimate of drug-likeness (QED) is 0.780. The minimum absolute atomic E-state index is 0.391. The summed E-state index contributed by atoms with van der Waals surface area (Å²) in [5.41, 5.74) is 1.97. The van der Waals surface area contributed by atoms with E-state index in [-0.39, 0.29) is 0 Å². The van der Waals surface area contributed by atoms with E-state index in [2.05, 4.69) is 38.1 Å². The van der Waals surface area contributed by atoms with Gasteiger partial charge in [0.05, 0.1) is 5.60 Å². The fraction of sp³-hybridized carbons (Fsp3) is 0.625. The van der Waals surface area contributed by atoms with Gasteiger partial charge >= 0.3 is 0 Å². The Hall–Kier alpha value is -0.820. The van der Waals surface area contributed by atoms with E-state index in [1.807, 2.05) is 0 Å². The lowest BCUT2D eigenvalue weighted by atomic mass is 9.75. The van der Waals surface area contributed by atoms with Crippen LogP contribution in [0.1, 0.15) is 57.1 Å². The second kappa shape index (κ2) is 5.22. The first-order chi connectivity index (χ1) is 8.22. The summed E-state index contributed by atoms with van der Waals surface area (Å²) in [4.78, 5) is 0. The molecule has 0 aliphatic heterocycles. The molecule has 0 fully saturated rings. The van der Waals surface area contributed by atoms with Crippen molar-refractivity contribution < 1.29 is 5.11 Å². The molecule has 0 saturated carbocycles. The van der Waals surface area contributed by atoms with Crippen LogP contribution in [-0.4, -0.2) is 5.11 Å². The first kappa shape index (κ1) is 12.6. The predicted octanol–water partition coefficient (Wildman–Crippen LogP) is 4.04. The van der Waals surface area contributed by atoms with Crippen molar-refractivity contribution in [3.05, 3.63) is 35.4 Å². The van der Waals surface area contributed by atoms with Gasteiger partial charge < -0.3 is 5.11 Å². The van der Waals surface area contributed by atoms with Crippen LogP contribution in [0, 0.1) is 5.92 Å². The summed E-state index contributed by atoms with van der Waals surface area (Å²) < 4.78 is 0. The van der Waals surface area contributed by atoms with Crippen LogP contribution in [0.2, 0.25) is 0 Å². The molecular weight excluding hydrogens is 208 g/mol. The molecule has 94 valence electrons. The van der Waals surface area contributed by atoms with Crippen molar-refractivity contribution in [2.45, 2.75) is 58.0 Å². The SMILES string of the molecule is CCC(CC)C1(O)CCCCc2ccccc21. The molecule has 1 unspecified atom stereocenters. The molecule has 2 rings (SSSR count). The van der Waals surface area contributed by atoms with Crippen molar-refractivity contribution in [1.29, 1.82) is 0 Å². The standard InChI is InChI=1S/C16H24O/c1-3-14(4-2)16(17)12-8-7-10-13-9-5-6-11-15(13)16/h5-6,9,11,14,17H,3-4,7-8,10,12H2,1-2H3. The van der Waals surface area contributed by atoms with Crippen molar-refractivity contribution in [3.8, 4) is 0 Å². The highest BCUT2D eigenvalue weighted by molar-refractivity contribution is 5.34. The Labute approximate surface area is 105 Å². The average Bonchev–Trinajstić information content (AvgIpc) is 2.52. The van der Waals surface area contributed by atoms with E-state index in [9.17, 15) is 5.11 Å². The first-order valence-corrected chi connectivity index (χ1v) is 7.03. The van der Waals surface area contributed by atoms with Gasteiger partial charge in [-0.1, -0.05) is 51.0 Å². The van der Waals surface area contributed by atoms with E-state index >= 15 is 0 Å². The first-order valence-electron chi connectivity index (χ1n) is 7.03. The number of aryl methyl sites for hydroxylation is 1. The molecule has 1 aliphatic rings. The third-order valence-electron chi connectivity index (χ3n) is 4.40. The minimum atomic E-state index is -0.587. The van der Waals surface area contributed by atoms with Crippen molar-refractivity contribution in [3.63, 3.8) is 0 Å². The average molecular weight is 232 g/mol. The second-order valence-corrected chi connectivity index (χ2v) is 5.30. The molecule has 17 heavy (non-hydrogen) atoms. The number of aliphatic hydroxyl groups is 1. The van der Waals surface area contributed by atoms with Gasteiger partial charge in [0.25, 0.3) is 0 Å². The zero-order valence-corrected chi connectivity index (χ0v) is 11.1. The molecule has 0 spiro atoms. The molecular formula is C16H24O. The molecule has 0 saturated heterocycles. The Morgan fingerprint density at radius 3 is 2.59 bits per heavy atom. The lowest BCUT2D eigenvalue weighted by Crippen LogP contribution is -2.34. The van der Waals surface area contributed by atoms with E-state index in [0.717, 1.165) is 32.1 Å². The van der Waals surface area contributed by atoms with Crippen molar-refractivity contribution >= 4 is 0 Å². The highest BCUT2D eigenvalue weighted by atomic mass is 16.3. The maximum atomic E-state index is 11.2. The van der Waals surface area contributed by atoms with Crippen LogP contribution in [0.5, 0.6) is 0 Å². The van der Waals surface area contributed by atoms with Crippen molar-refractivity contribution in [1.82, 2.24) is 0 Å². The Morgan fingerprint density at radius 1 is 1.18 bits per heavy atom. The molecule has 0 bridgehead atoms. The number of hydrogen-bond donors (Lipinski definition) is 1. The minimum Gasteiger partial charge on any atom is -0.385 e. The van der Waals surface area contributed by atoms with Gasteiger partial charge in [-0.2, -0.15) is 0 Å². The summed E-state index contributed by atoms with van der Waals surface area (Å²) in [5.74, 6) is 0.391. The Kier molecular flexibility index (Phi) is 3.88. The van der Waals surface area contributed by atoms with Gasteiger partial charge in [0, 0.05) is 0 Å². The van der Waals surface area contributed by atoms with Crippen molar-refractivity contribution in [2.75, 3.05) is 0 Å². The van der Waals surface area contributed by atoms with Crippen molar-refractivity contribution in [2.24, 2.45) is 5.92 Å². The Bertz CT molecular complexity index is 368. The summed E-state index contributed by atoms with van der Waals surface area (Å²) in [6, 6.07) is 8.49. The summed E-state index contributed by atoms with van der Waals surface area (Å²) in [6.45, 7) is 4.39. The molecule has 1 N–H and O–H groups in total. The lowest BCUT2D eigenvalue weighted by molar-refractivity contribution is -0.0358. The number of benzene rings is 1. The monoisotopic (exact) mass is 232 g/mol. The number of fused-ring (bicyclic) bond motifs is 1. The van der Waals surface area contributed by atoms with Gasteiger partial charge in [-0.25, -0.2) is 0 Å². The van der Waals surface area contributed by atoms with Crippen LogP contribution in [-0.2, 0) is 12.0 Å². The fourth-order valence-corrected chi connectivity index (χ4v) is 3.39.